The molecule has 2 heterocycles. The number of nitro benzene ring substituents is 1. The van der Waals surface area contributed by atoms with Gasteiger partial charge in [0.15, 0.2) is 5.69 Å². The number of benzene rings is 3. The van der Waals surface area contributed by atoms with Crippen molar-refractivity contribution in [3.05, 3.63) is 105 Å². The van der Waals surface area contributed by atoms with Crippen LogP contribution in [0.25, 0.3) is 27.6 Å². The Kier molecular flexibility index (Phi) is 6.70. The standard InChI is InChI=1S/C26H19N7O4S/c1-16(34)27-19-9-11-20(12-10-19)29-30-24-23(18-7-13-21(14-8-18)33(36)37)31-32(25(24)35)26-28-22(15-38-26)17-5-3-2-4-6-17/h2-15,31H,1H3,(H,27,34). The Bertz CT molecular complexity index is 1700. The van der Waals surface area contributed by atoms with Crippen LogP contribution in [0.3, 0.4) is 0 Å². The van der Waals surface area contributed by atoms with Crippen LogP contribution >= 0.6 is 11.3 Å². The monoisotopic (exact) mass is 525 g/mol. The number of aromatic nitrogens is 3. The van der Waals surface area contributed by atoms with E-state index in [4.69, 9.17) is 0 Å². The van der Waals surface area contributed by atoms with Crippen LogP contribution in [0.5, 0.6) is 0 Å². The van der Waals surface area contributed by atoms with Crippen LogP contribution in [0, 0.1) is 10.1 Å². The first-order valence-electron chi connectivity index (χ1n) is 11.3. The number of nitro groups is 1. The van der Waals surface area contributed by atoms with Gasteiger partial charge in [-0.25, -0.2) is 4.98 Å². The predicted molar refractivity (Wildman–Crippen MR) is 145 cm³/mol. The van der Waals surface area contributed by atoms with Gasteiger partial charge >= 0.3 is 5.56 Å². The summed E-state index contributed by atoms with van der Waals surface area (Å²) < 4.78 is 1.28. The first kappa shape index (κ1) is 24.5. The average Bonchev–Trinajstić information content (AvgIpc) is 3.53. The van der Waals surface area contributed by atoms with E-state index in [0.717, 1.165) is 5.56 Å². The number of anilines is 1. The first-order valence-corrected chi connectivity index (χ1v) is 12.2. The molecule has 11 nitrogen and oxygen atoms in total. The molecule has 0 saturated heterocycles. The summed E-state index contributed by atoms with van der Waals surface area (Å²) in [7, 11) is 0. The Labute approximate surface area is 219 Å². The summed E-state index contributed by atoms with van der Waals surface area (Å²) in [6, 6.07) is 22.0. The van der Waals surface area contributed by atoms with Crippen molar-refractivity contribution in [2.24, 2.45) is 10.2 Å². The second kappa shape index (κ2) is 10.4. The molecule has 0 atom stereocenters. The fraction of sp³-hybridized carbons (Fsp3) is 0.0385. The van der Waals surface area contributed by atoms with Crippen LogP contribution in [0.4, 0.5) is 22.7 Å². The maximum Gasteiger partial charge on any atom is 0.301 e. The van der Waals surface area contributed by atoms with E-state index >= 15 is 0 Å². The number of rotatable bonds is 7. The largest absolute Gasteiger partial charge is 0.326 e. The van der Waals surface area contributed by atoms with E-state index in [1.54, 1.807) is 24.3 Å². The number of nitrogens with zero attached hydrogens (tertiary/aromatic N) is 5. The van der Waals surface area contributed by atoms with E-state index in [1.807, 2.05) is 35.7 Å². The number of azo groups is 1. The topological polar surface area (TPSA) is 148 Å². The van der Waals surface area contributed by atoms with Crippen molar-refractivity contribution in [1.29, 1.82) is 0 Å². The number of amides is 1. The Hall–Kier alpha value is -5.23. The molecule has 0 aliphatic heterocycles. The zero-order chi connectivity index (χ0) is 26.6. The molecule has 0 bridgehead atoms. The summed E-state index contributed by atoms with van der Waals surface area (Å²) in [5.41, 5.74) is 2.99. The van der Waals surface area contributed by atoms with Crippen molar-refractivity contribution in [2.75, 3.05) is 5.32 Å². The second-order valence-corrected chi connectivity index (χ2v) is 8.93. The van der Waals surface area contributed by atoms with Crippen LogP contribution in [0.2, 0.25) is 0 Å². The molecule has 0 aliphatic rings. The highest BCUT2D eigenvalue weighted by Crippen LogP contribution is 2.31. The lowest BCUT2D eigenvalue weighted by Gasteiger charge is -2.01. The summed E-state index contributed by atoms with van der Waals surface area (Å²) >= 11 is 1.28. The minimum absolute atomic E-state index is 0.0150. The number of thiazole rings is 1. The molecule has 2 N–H and O–H groups in total. The molecule has 5 rings (SSSR count). The summed E-state index contributed by atoms with van der Waals surface area (Å²) in [5.74, 6) is -0.197. The molecule has 0 saturated carbocycles. The number of nitrogens with one attached hydrogen (secondary N) is 2. The minimum Gasteiger partial charge on any atom is -0.326 e. The number of hydrogen-bond donors (Lipinski definition) is 2. The third kappa shape index (κ3) is 5.15. The molecule has 0 unspecified atom stereocenters. The molecular formula is C26H19N7O4S. The zero-order valence-corrected chi connectivity index (χ0v) is 20.7. The fourth-order valence-corrected chi connectivity index (χ4v) is 4.43. The van der Waals surface area contributed by atoms with Gasteiger partial charge < -0.3 is 5.32 Å². The molecule has 0 spiro atoms. The van der Waals surface area contributed by atoms with E-state index < -0.39 is 10.5 Å². The zero-order valence-electron chi connectivity index (χ0n) is 19.9. The SMILES string of the molecule is CC(=O)Nc1ccc(N=Nc2c(-c3ccc([N+](=O)[O-])cc3)[nH]n(-c3nc(-c4ccccc4)cs3)c2=O)cc1. The normalized spacial score (nSPS) is 11.1. The van der Waals surface area contributed by atoms with Crippen LogP contribution < -0.4 is 10.9 Å². The van der Waals surface area contributed by atoms with Gasteiger partial charge in [-0.15, -0.1) is 16.5 Å². The highest BCUT2D eigenvalue weighted by atomic mass is 32.1. The molecule has 3 aromatic carbocycles. The van der Waals surface area contributed by atoms with Crippen LogP contribution in [0.15, 0.2) is 99.3 Å². The number of non-ortho nitro benzene ring substituents is 1. The molecule has 0 fully saturated rings. The molecule has 188 valence electrons. The minimum atomic E-state index is -0.496. The Balaban J connectivity index is 1.55. The summed E-state index contributed by atoms with van der Waals surface area (Å²) in [5, 5.41) is 27.5. The molecular weight excluding hydrogens is 506 g/mol. The fourth-order valence-electron chi connectivity index (χ4n) is 3.64. The molecule has 2 aromatic heterocycles. The molecule has 0 radical (unpaired) electrons. The highest BCUT2D eigenvalue weighted by Gasteiger charge is 2.20. The molecule has 0 aliphatic carbocycles. The average molecular weight is 526 g/mol. The van der Waals surface area contributed by atoms with Gasteiger partial charge in [-0.3, -0.25) is 24.8 Å². The van der Waals surface area contributed by atoms with Crippen LogP contribution in [-0.2, 0) is 4.79 Å². The Morgan fingerprint density at radius 2 is 1.71 bits per heavy atom. The van der Waals surface area contributed by atoms with Gasteiger partial charge in [0.2, 0.25) is 11.0 Å². The molecule has 1 amide bonds. The lowest BCUT2D eigenvalue weighted by molar-refractivity contribution is -0.384. The van der Waals surface area contributed by atoms with E-state index in [9.17, 15) is 19.7 Å². The van der Waals surface area contributed by atoms with Crippen molar-refractivity contribution in [3.63, 3.8) is 0 Å². The lowest BCUT2D eigenvalue weighted by atomic mass is 10.1. The van der Waals surface area contributed by atoms with Gasteiger partial charge in [0, 0.05) is 41.3 Å². The van der Waals surface area contributed by atoms with Crippen molar-refractivity contribution >= 4 is 40.0 Å². The van der Waals surface area contributed by atoms with E-state index in [2.05, 4.69) is 25.6 Å². The van der Waals surface area contributed by atoms with Crippen molar-refractivity contribution in [2.45, 2.75) is 6.92 Å². The van der Waals surface area contributed by atoms with E-state index in [1.165, 1.54) is 47.2 Å². The number of carbonyl (C=O) groups excluding carboxylic acids is 1. The van der Waals surface area contributed by atoms with Gasteiger partial charge in [0.05, 0.1) is 22.0 Å². The molecule has 5 aromatic rings. The summed E-state index contributed by atoms with van der Waals surface area (Å²) in [4.78, 5) is 39.9. The van der Waals surface area contributed by atoms with Gasteiger partial charge in [-0.2, -0.15) is 9.80 Å². The summed E-state index contributed by atoms with van der Waals surface area (Å²) in [6.45, 7) is 1.41. The molecule has 38 heavy (non-hydrogen) atoms. The van der Waals surface area contributed by atoms with Crippen molar-refractivity contribution in [1.82, 2.24) is 14.8 Å². The maximum atomic E-state index is 13.5. The van der Waals surface area contributed by atoms with Gasteiger partial charge in [-0.05, 0) is 36.4 Å². The van der Waals surface area contributed by atoms with Gasteiger partial charge in [0.25, 0.3) is 5.69 Å². The van der Waals surface area contributed by atoms with Gasteiger partial charge in [-0.1, -0.05) is 30.3 Å². The van der Waals surface area contributed by atoms with E-state index in [0.29, 0.717) is 33.5 Å². The number of carbonyl (C=O) groups is 1. The molecule has 12 heteroatoms. The highest BCUT2D eigenvalue weighted by molar-refractivity contribution is 7.12. The van der Waals surface area contributed by atoms with Crippen molar-refractivity contribution < 1.29 is 9.72 Å². The Morgan fingerprint density at radius 3 is 2.37 bits per heavy atom. The maximum absolute atomic E-state index is 13.5. The number of aromatic amines is 1. The van der Waals surface area contributed by atoms with Gasteiger partial charge in [0.1, 0.15) is 0 Å². The van der Waals surface area contributed by atoms with Crippen LogP contribution in [0.1, 0.15) is 6.92 Å². The Morgan fingerprint density at radius 1 is 1.00 bits per heavy atom. The second-order valence-electron chi connectivity index (χ2n) is 8.09. The van der Waals surface area contributed by atoms with E-state index in [-0.39, 0.29) is 17.3 Å². The quantitative estimate of drug-likeness (QED) is 0.147. The van der Waals surface area contributed by atoms with Crippen molar-refractivity contribution in [3.8, 4) is 27.6 Å². The van der Waals surface area contributed by atoms with Crippen LogP contribution in [-0.4, -0.2) is 25.6 Å². The first-order chi connectivity index (χ1) is 18.4. The third-order valence-electron chi connectivity index (χ3n) is 5.44. The third-order valence-corrected chi connectivity index (χ3v) is 6.26. The number of hydrogen-bond acceptors (Lipinski definition) is 8. The number of H-pyrrole nitrogens is 1. The summed E-state index contributed by atoms with van der Waals surface area (Å²) in [6.07, 6.45) is 0. The predicted octanol–water partition coefficient (Wildman–Crippen LogP) is 6.24. The smallest absolute Gasteiger partial charge is 0.301 e. The lowest BCUT2D eigenvalue weighted by Crippen LogP contribution is -2.13.